The van der Waals surface area contributed by atoms with Crippen LogP contribution in [0.3, 0.4) is 0 Å². The van der Waals surface area contributed by atoms with E-state index in [0.717, 1.165) is 44.6 Å². The Balaban J connectivity index is 1.33. The van der Waals surface area contributed by atoms with Gasteiger partial charge in [0.05, 0.1) is 6.67 Å². The van der Waals surface area contributed by atoms with Crippen molar-refractivity contribution >= 4 is 0 Å². The molecule has 178 valence electrons. The van der Waals surface area contributed by atoms with E-state index >= 15 is 0 Å². The van der Waals surface area contributed by atoms with Crippen LogP contribution in [0.15, 0.2) is 66.7 Å². The summed E-state index contributed by atoms with van der Waals surface area (Å²) in [7, 11) is 0. The van der Waals surface area contributed by atoms with Crippen molar-refractivity contribution in [2.24, 2.45) is 5.92 Å². The topological polar surface area (TPSA) is 52.9 Å². The molecule has 0 amide bonds. The second-order valence-electron chi connectivity index (χ2n) is 9.62. The highest BCUT2D eigenvalue weighted by Crippen LogP contribution is 2.47. The van der Waals surface area contributed by atoms with Gasteiger partial charge in [0.15, 0.2) is 0 Å². The summed E-state index contributed by atoms with van der Waals surface area (Å²) in [5, 5.41) is 19.8. The standard InChI is InChI=1S/C29H32FNO3/c30-18-20-13-14-31(19-20)15-16-34-26-9-3-22(4-10-26)29-27(21-1-6-24(32)7-2-21)11-5-23-17-25(33)8-12-28(23)29/h1-4,6-10,12,17,20,27,29,32-33H,5,11,13-16,18-19H2. The maximum atomic E-state index is 12.8. The van der Waals surface area contributed by atoms with Gasteiger partial charge in [-0.15, -0.1) is 0 Å². The molecule has 4 nitrogen and oxygen atoms in total. The Morgan fingerprint density at radius 1 is 0.882 bits per heavy atom. The number of hydrogen-bond donors (Lipinski definition) is 2. The molecule has 0 bridgehead atoms. The van der Waals surface area contributed by atoms with Crippen molar-refractivity contribution in [3.8, 4) is 17.2 Å². The van der Waals surface area contributed by atoms with Crippen LogP contribution in [0.2, 0.25) is 0 Å². The summed E-state index contributed by atoms with van der Waals surface area (Å²) in [6, 6.07) is 21.6. The van der Waals surface area contributed by atoms with Crippen LogP contribution in [0.1, 0.15) is 46.9 Å². The van der Waals surface area contributed by atoms with E-state index in [4.69, 9.17) is 4.74 Å². The second kappa shape index (κ2) is 10.1. The maximum Gasteiger partial charge on any atom is 0.119 e. The maximum absolute atomic E-state index is 12.8. The van der Waals surface area contributed by atoms with Gasteiger partial charge in [-0.05, 0) is 90.4 Å². The summed E-state index contributed by atoms with van der Waals surface area (Å²) >= 11 is 0. The van der Waals surface area contributed by atoms with Crippen molar-refractivity contribution < 1.29 is 19.3 Å². The normalized spacial score (nSPS) is 22.4. The quantitative estimate of drug-likeness (QED) is 0.479. The first-order valence-corrected chi connectivity index (χ1v) is 12.2. The lowest BCUT2D eigenvalue weighted by molar-refractivity contribution is 0.228. The van der Waals surface area contributed by atoms with Crippen molar-refractivity contribution in [1.82, 2.24) is 4.90 Å². The molecule has 0 radical (unpaired) electrons. The number of aryl methyl sites for hydroxylation is 1. The molecule has 5 rings (SSSR count). The van der Waals surface area contributed by atoms with Gasteiger partial charge in [0.1, 0.15) is 23.9 Å². The number of benzene rings is 3. The first-order valence-electron chi connectivity index (χ1n) is 12.2. The summed E-state index contributed by atoms with van der Waals surface area (Å²) < 4.78 is 18.8. The van der Waals surface area contributed by atoms with E-state index in [2.05, 4.69) is 17.0 Å². The third-order valence-electron chi connectivity index (χ3n) is 7.41. The SMILES string of the molecule is Oc1ccc(C2CCc3cc(O)ccc3C2c2ccc(OCCN3CCC(CF)C3)cc2)cc1. The van der Waals surface area contributed by atoms with Gasteiger partial charge in [0.2, 0.25) is 0 Å². The van der Waals surface area contributed by atoms with Gasteiger partial charge < -0.3 is 14.9 Å². The highest BCUT2D eigenvalue weighted by molar-refractivity contribution is 5.48. The van der Waals surface area contributed by atoms with Gasteiger partial charge in [-0.25, -0.2) is 0 Å². The Bertz CT molecular complexity index is 1100. The number of phenols is 2. The zero-order valence-electron chi connectivity index (χ0n) is 19.4. The molecular formula is C29H32FNO3. The summed E-state index contributed by atoms with van der Waals surface area (Å²) in [6.45, 7) is 2.97. The summed E-state index contributed by atoms with van der Waals surface area (Å²) in [5.74, 6) is 2.04. The predicted octanol–water partition coefficient (Wildman–Crippen LogP) is 5.63. The number of hydrogen-bond acceptors (Lipinski definition) is 4. The monoisotopic (exact) mass is 461 g/mol. The van der Waals surface area contributed by atoms with E-state index in [9.17, 15) is 14.6 Å². The molecule has 1 aliphatic carbocycles. The highest BCUT2D eigenvalue weighted by Gasteiger charge is 2.32. The molecule has 3 unspecified atom stereocenters. The van der Waals surface area contributed by atoms with Crippen LogP contribution >= 0.6 is 0 Å². The Kier molecular flexibility index (Phi) is 6.73. The fraction of sp³-hybridized carbons (Fsp3) is 0.379. The molecule has 3 aromatic rings. The van der Waals surface area contributed by atoms with E-state index in [1.807, 2.05) is 36.4 Å². The van der Waals surface area contributed by atoms with E-state index in [1.165, 1.54) is 22.3 Å². The Labute approximate surface area is 200 Å². The van der Waals surface area contributed by atoms with Crippen LogP contribution < -0.4 is 4.74 Å². The molecule has 2 aliphatic rings. The Hall–Kier alpha value is -3.05. The number of halogens is 1. The average Bonchev–Trinajstić information content (AvgIpc) is 3.32. The van der Waals surface area contributed by atoms with Crippen LogP contribution in [0.25, 0.3) is 0 Å². The lowest BCUT2D eigenvalue weighted by atomic mass is 9.69. The van der Waals surface area contributed by atoms with Crippen molar-refractivity contribution in [1.29, 1.82) is 0 Å². The molecule has 5 heteroatoms. The smallest absolute Gasteiger partial charge is 0.119 e. The van der Waals surface area contributed by atoms with E-state index < -0.39 is 0 Å². The van der Waals surface area contributed by atoms with Crippen LogP contribution in [0.5, 0.6) is 17.2 Å². The van der Waals surface area contributed by atoms with Gasteiger partial charge in [-0.2, -0.15) is 0 Å². The van der Waals surface area contributed by atoms with Gasteiger partial charge in [0.25, 0.3) is 0 Å². The predicted molar refractivity (Wildman–Crippen MR) is 132 cm³/mol. The lowest BCUT2D eigenvalue weighted by Gasteiger charge is -2.35. The summed E-state index contributed by atoms with van der Waals surface area (Å²) in [5.41, 5.74) is 4.85. The molecular weight excluding hydrogens is 429 g/mol. The second-order valence-corrected chi connectivity index (χ2v) is 9.62. The molecule has 1 saturated heterocycles. The number of nitrogens with zero attached hydrogens (tertiary/aromatic N) is 1. The Morgan fingerprint density at radius 2 is 1.62 bits per heavy atom. The molecule has 0 aromatic heterocycles. The molecule has 0 spiro atoms. The van der Waals surface area contributed by atoms with E-state index in [-0.39, 0.29) is 30.2 Å². The third-order valence-corrected chi connectivity index (χ3v) is 7.41. The number of alkyl halides is 1. The van der Waals surface area contributed by atoms with Crippen LogP contribution in [-0.4, -0.2) is 48.0 Å². The molecule has 1 heterocycles. The minimum atomic E-state index is -0.228. The highest BCUT2D eigenvalue weighted by atomic mass is 19.1. The fourth-order valence-electron chi connectivity index (χ4n) is 5.60. The molecule has 3 atom stereocenters. The van der Waals surface area contributed by atoms with Gasteiger partial charge >= 0.3 is 0 Å². The van der Waals surface area contributed by atoms with E-state index in [1.54, 1.807) is 18.2 Å². The van der Waals surface area contributed by atoms with E-state index in [0.29, 0.717) is 12.4 Å². The molecule has 3 aromatic carbocycles. The summed E-state index contributed by atoms with van der Waals surface area (Å²) in [4.78, 5) is 2.27. The first kappa shape index (κ1) is 22.7. The molecule has 1 aliphatic heterocycles. The largest absolute Gasteiger partial charge is 0.508 e. The molecule has 1 fully saturated rings. The van der Waals surface area contributed by atoms with Gasteiger partial charge in [0, 0.05) is 24.9 Å². The van der Waals surface area contributed by atoms with Gasteiger partial charge in [-0.1, -0.05) is 30.3 Å². The fourth-order valence-corrected chi connectivity index (χ4v) is 5.60. The molecule has 2 N–H and O–H groups in total. The minimum Gasteiger partial charge on any atom is -0.508 e. The minimum absolute atomic E-state index is 0.158. The molecule has 34 heavy (non-hydrogen) atoms. The number of rotatable bonds is 7. The number of phenolic OH excluding ortho intramolecular Hbond substituents is 2. The van der Waals surface area contributed by atoms with Crippen molar-refractivity contribution in [3.05, 3.63) is 89.0 Å². The number of fused-ring (bicyclic) bond motifs is 1. The zero-order valence-corrected chi connectivity index (χ0v) is 19.4. The summed E-state index contributed by atoms with van der Waals surface area (Å²) in [6.07, 6.45) is 2.82. The third kappa shape index (κ3) is 4.90. The first-order chi connectivity index (χ1) is 16.6. The number of ether oxygens (including phenoxy) is 1. The number of aromatic hydroxyl groups is 2. The van der Waals surface area contributed by atoms with Crippen LogP contribution in [-0.2, 0) is 6.42 Å². The lowest BCUT2D eigenvalue weighted by Crippen LogP contribution is -2.26. The van der Waals surface area contributed by atoms with Crippen molar-refractivity contribution in [2.75, 3.05) is 32.9 Å². The van der Waals surface area contributed by atoms with Crippen molar-refractivity contribution in [2.45, 2.75) is 31.1 Å². The Morgan fingerprint density at radius 3 is 2.35 bits per heavy atom. The van der Waals surface area contributed by atoms with Crippen molar-refractivity contribution in [3.63, 3.8) is 0 Å². The number of likely N-dealkylation sites (tertiary alicyclic amines) is 1. The van der Waals surface area contributed by atoms with Crippen LogP contribution in [0, 0.1) is 5.92 Å². The molecule has 0 saturated carbocycles. The van der Waals surface area contributed by atoms with Gasteiger partial charge in [-0.3, -0.25) is 9.29 Å². The van der Waals surface area contributed by atoms with Crippen LogP contribution in [0.4, 0.5) is 4.39 Å². The average molecular weight is 462 g/mol. The zero-order chi connectivity index (χ0) is 23.5.